The Balaban J connectivity index is 1.60. The van der Waals surface area contributed by atoms with Crippen LogP contribution >= 0.6 is 0 Å². The highest BCUT2D eigenvalue weighted by atomic mass is 19.2. The fourth-order valence-electron chi connectivity index (χ4n) is 4.62. The maximum absolute atomic E-state index is 14.0. The van der Waals surface area contributed by atoms with Crippen molar-refractivity contribution in [1.82, 2.24) is 14.5 Å². The smallest absolute Gasteiger partial charge is 0.242 e. The lowest BCUT2D eigenvalue weighted by Gasteiger charge is -2.37. The van der Waals surface area contributed by atoms with Gasteiger partial charge in [-0.3, -0.25) is 4.79 Å². The number of alkyl halides is 1. The normalized spacial score (nSPS) is 23.0. The van der Waals surface area contributed by atoms with Crippen LogP contribution in [0, 0.1) is 28.4 Å². The monoisotopic (exact) mass is 464 g/mol. The summed E-state index contributed by atoms with van der Waals surface area (Å²) < 4.78 is 48.5. The van der Waals surface area contributed by atoms with E-state index in [0.29, 0.717) is 45.0 Å². The van der Waals surface area contributed by atoms with Gasteiger partial charge in [0, 0.05) is 45.4 Å². The Morgan fingerprint density at radius 3 is 2.64 bits per heavy atom. The first-order valence-corrected chi connectivity index (χ1v) is 10.9. The number of rotatable bonds is 5. The van der Waals surface area contributed by atoms with Gasteiger partial charge < -0.3 is 24.8 Å². The lowest BCUT2D eigenvalue weighted by molar-refractivity contribution is -0.134. The first-order valence-electron chi connectivity index (χ1n) is 10.9. The summed E-state index contributed by atoms with van der Waals surface area (Å²) in [4.78, 5) is 21.0. The molecule has 3 heterocycles. The van der Waals surface area contributed by atoms with Gasteiger partial charge in [-0.1, -0.05) is 0 Å². The molecule has 1 aromatic heterocycles. The molecule has 0 saturated carbocycles. The summed E-state index contributed by atoms with van der Waals surface area (Å²) in [5.41, 5.74) is 5.75. The number of anilines is 1. The van der Waals surface area contributed by atoms with Crippen molar-refractivity contribution in [2.45, 2.75) is 38.0 Å². The van der Waals surface area contributed by atoms with Crippen molar-refractivity contribution >= 4 is 22.9 Å². The van der Waals surface area contributed by atoms with Gasteiger partial charge in [-0.2, -0.15) is 5.26 Å². The molecule has 1 amide bonds. The summed E-state index contributed by atoms with van der Waals surface area (Å²) in [6.07, 6.45) is 0.0260. The first-order chi connectivity index (χ1) is 15.8. The molecule has 178 valence electrons. The van der Waals surface area contributed by atoms with Gasteiger partial charge >= 0.3 is 0 Å². The number of piperidine rings is 2. The Labute approximate surface area is 189 Å². The molecule has 4 rings (SSSR count). The van der Waals surface area contributed by atoms with Crippen LogP contribution in [0.1, 0.15) is 19.3 Å². The van der Waals surface area contributed by atoms with Crippen molar-refractivity contribution < 1.29 is 22.7 Å². The number of nitrogens with zero attached hydrogens (tertiary/aromatic N) is 5. The zero-order valence-electron chi connectivity index (χ0n) is 18.4. The summed E-state index contributed by atoms with van der Waals surface area (Å²) in [7, 11) is 1.54. The minimum absolute atomic E-state index is 0.147. The number of likely N-dealkylation sites (tertiary alicyclic amines) is 1. The Hall–Kier alpha value is -2.84. The predicted octanol–water partition coefficient (Wildman–Crippen LogP) is 1.97. The number of aromatic nitrogens is 2. The Morgan fingerprint density at radius 2 is 2.00 bits per heavy atom. The number of imidazole rings is 1. The molecule has 33 heavy (non-hydrogen) atoms. The number of nitriles is 1. The summed E-state index contributed by atoms with van der Waals surface area (Å²) in [6, 6.07) is 3.60. The summed E-state index contributed by atoms with van der Waals surface area (Å²) >= 11 is 0. The molecular weight excluding hydrogens is 437 g/mol. The van der Waals surface area contributed by atoms with Crippen LogP contribution < -0.4 is 10.6 Å². The molecule has 0 aliphatic carbocycles. The van der Waals surface area contributed by atoms with Crippen LogP contribution in [-0.2, 0) is 16.1 Å². The van der Waals surface area contributed by atoms with Crippen molar-refractivity contribution in [3.05, 3.63) is 23.8 Å². The third-order valence-electron chi connectivity index (χ3n) is 6.65. The molecule has 2 aromatic rings. The molecule has 0 bridgehead atoms. The number of benzene rings is 1. The lowest BCUT2D eigenvalue weighted by Crippen LogP contribution is -2.50. The van der Waals surface area contributed by atoms with Crippen molar-refractivity contribution in [2.75, 3.05) is 44.8 Å². The predicted molar refractivity (Wildman–Crippen MR) is 115 cm³/mol. The molecule has 8 nitrogen and oxygen atoms in total. The van der Waals surface area contributed by atoms with E-state index >= 15 is 0 Å². The average molecular weight is 464 g/mol. The number of fused-ring (bicyclic) bond motifs is 1. The van der Waals surface area contributed by atoms with Crippen molar-refractivity contribution in [3.63, 3.8) is 0 Å². The number of carbonyl (C=O) groups excluding carboxylic acids is 1. The number of amides is 1. The van der Waals surface area contributed by atoms with Crippen LogP contribution in [0.25, 0.3) is 11.0 Å². The molecule has 0 spiro atoms. The largest absolute Gasteiger partial charge is 0.383 e. The van der Waals surface area contributed by atoms with E-state index in [-0.39, 0.29) is 36.5 Å². The number of nitrogens with two attached hydrogens (primary N) is 1. The van der Waals surface area contributed by atoms with Gasteiger partial charge in [0.25, 0.3) is 0 Å². The third-order valence-corrected chi connectivity index (χ3v) is 6.65. The summed E-state index contributed by atoms with van der Waals surface area (Å²) in [5.74, 6) is -1.98. The van der Waals surface area contributed by atoms with Crippen LogP contribution in [0.15, 0.2) is 12.1 Å². The molecule has 2 atom stereocenters. The molecule has 2 N–H and O–H groups in total. The van der Waals surface area contributed by atoms with Gasteiger partial charge in [-0.15, -0.1) is 0 Å². The van der Waals surface area contributed by atoms with Crippen LogP contribution in [-0.4, -0.2) is 72.5 Å². The second kappa shape index (κ2) is 9.19. The Morgan fingerprint density at radius 1 is 1.30 bits per heavy atom. The maximum Gasteiger partial charge on any atom is 0.242 e. The first kappa shape index (κ1) is 23.3. The van der Waals surface area contributed by atoms with Crippen molar-refractivity contribution in [2.24, 2.45) is 11.1 Å². The van der Waals surface area contributed by atoms with Gasteiger partial charge in [-0.25, -0.2) is 18.2 Å². The van der Waals surface area contributed by atoms with Gasteiger partial charge in [-0.05, 0) is 19.3 Å². The van der Waals surface area contributed by atoms with Gasteiger partial charge in [0.1, 0.15) is 12.7 Å². The van der Waals surface area contributed by atoms with Crippen LogP contribution in [0.5, 0.6) is 0 Å². The number of ether oxygens (including phenoxy) is 1. The summed E-state index contributed by atoms with van der Waals surface area (Å²) in [6.45, 7) is 1.43. The van der Waals surface area contributed by atoms with Gasteiger partial charge in [0.2, 0.25) is 11.9 Å². The van der Waals surface area contributed by atoms with E-state index < -0.39 is 29.3 Å². The fourth-order valence-corrected chi connectivity index (χ4v) is 4.62. The molecule has 1 aromatic carbocycles. The molecule has 0 radical (unpaired) electrons. The third kappa shape index (κ3) is 4.50. The lowest BCUT2D eigenvalue weighted by atomic mass is 9.80. The topological polar surface area (TPSA) is 100 Å². The minimum Gasteiger partial charge on any atom is -0.383 e. The highest BCUT2D eigenvalue weighted by Crippen LogP contribution is 2.32. The minimum atomic E-state index is -1.14. The highest BCUT2D eigenvalue weighted by molar-refractivity contribution is 5.83. The molecule has 2 aliphatic rings. The average Bonchev–Trinajstić information content (AvgIpc) is 3.13. The van der Waals surface area contributed by atoms with E-state index in [2.05, 4.69) is 11.1 Å². The standard InChI is InChI=1S/C22H27F3N6O2/c1-33-13-22(12-26)3-6-29(7-4-22)20(32)11-31-19-9-16(25)15(24)8-18(19)28-21(31)30-5-2-14(23)17(27)10-30/h8-9,14,17H,2-7,10-11,13,27H2,1H3/t14-,17-/m1/s1. The van der Waals surface area contributed by atoms with E-state index in [1.54, 1.807) is 16.9 Å². The molecule has 2 saturated heterocycles. The number of hydrogen-bond donors (Lipinski definition) is 1. The number of hydrogen-bond acceptors (Lipinski definition) is 6. The van der Waals surface area contributed by atoms with E-state index in [9.17, 15) is 23.2 Å². The SMILES string of the molecule is COCC1(C#N)CCN(C(=O)Cn2c(N3CC[C@@H](F)[C@H](N)C3)nc3cc(F)c(F)cc32)CC1. The van der Waals surface area contributed by atoms with Gasteiger partial charge in [0.05, 0.1) is 35.2 Å². The molecule has 0 unspecified atom stereocenters. The Kier molecular flexibility index (Phi) is 6.50. The quantitative estimate of drug-likeness (QED) is 0.726. The zero-order valence-corrected chi connectivity index (χ0v) is 18.4. The van der Waals surface area contributed by atoms with Crippen LogP contribution in [0.2, 0.25) is 0 Å². The molecule has 2 aliphatic heterocycles. The summed E-state index contributed by atoms with van der Waals surface area (Å²) in [5, 5.41) is 9.54. The molecular formula is C22H27F3N6O2. The van der Waals surface area contributed by atoms with E-state index in [1.807, 2.05) is 0 Å². The highest BCUT2D eigenvalue weighted by Gasteiger charge is 2.37. The maximum atomic E-state index is 14.0. The second-order valence-corrected chi connectivity index (χ2v) is 8.87. The van der Waals surface area contributed by atoms with E-state index in [4.69, 9.17) is 10.5 Å². The van der Waals surface area contributed by atoms with Crippen LogP contribution in [0.4, 0.5) is 19.1 Å². The number of carbonyl (C=O) groups is 1. The second-order valence-electron chi connectivity index (χ2n) is 8.87. The number of halogens is 3. The van der Waals surface area contributed by atoms with E-state index in [1.165, 1.54) is 4.57 Å². The van der Waals surface area contributed by atoms with Crippen molar-refractivity contribution in [1.29, 1.82) is 5.26 Å². The Bertz CT molecular complexity index is 1080. The van der Waals surface area contributed by atoms with Crippen molar-refractivity contribution in [3.8, 4) is 6.07 Å². The molecule has 2 fully saturated rings. The number of methoxy groups -OCH3 is 1. The fraction of sp³-hybridized carbons (Fsp3) is 0.591. The molecule has 11 heteroatoms. The van der Waals surface area contributed by atoms with Crippen LogP contribution in [0.3, 0.4) is 0 Å². The van der Waals surface area contributed by atoms with E-state index in [0.717, 1.165) is 12.1 Å². The van der Waals surface area contributed by atoms with Gasteiger partial charge in [0.15, 0.2) is 11.6 Å². The zero-order chi connectivity index (χ0) is 23.8.